The van der Waals surface area contributed by atoms with E-state index in [4.69, 9.17) is 0 Å². The molecule has 2 N–H and O–H groups in total. The highest BCUT2D eigenvalue weighted by atomic mass is 16.3. The van der Waals surface area contributed by atoms with Crippen LogP contribution in [-0.2, 0) is 0 Å². The Morgan fingerprint density at radius 2 is 1.53 bits per heavy atom. The Kier molecular flexibility index (Phi) is 9.12. The lowest BCUT2D eigenvalue weighted by Gasteiger charge is -2.28. The monoisotopic (exact) mass is 216 g/mol. The van der Waals surface area contributed by atoms with Gasteiger partial charge in [-0.15, -0.1) is 0 Å². The van der Waals surface area contributed by atoms with Crippen molar-refractivity contribution in [3.05, 3.63) is 0 Å². The number of hydrogen-bond acceptors (Lipinski definition) is 2. The zero-order chi connectivity index (χ0) is 11.7. The Morgan fingerprint density at radius 3 is 1.93 bits per heavy atom. The Bertz CT molecular complexity index is 134. The van der Waals surface area contributed by atoms with Gasteiger partial charge in [0.25, 0.3) is 0 Å². The predicted molar refractivity (Wildman–Crippen MR) is 64.8 cm³/mol. The van der Waals surface area contributed by atoms with E-state index in [0.717, 1.165) is 38.5 Å². The van der Waals surface area contributed by atoms with Gasteiger partial charge >= 0.3 is 0 Å². The van der Waals surface area contributed by atoms with Crippen molar-refractivity contribution in [2.45, 2.75) is 65.4 Å². The van der Waals surface area contributed by atoms with Crippen LogP contribution in [0.25, 0.3) is 0 Å². The molecule has 0 aromatic rings. The van der Waals surface area contributed by atoms with E-state index in [-0.39, 0.29) is 24.5 Å². The molecule has 15 heavy (non-hydrogen) atoms. The summed E-state index contributed by atoms with van der Waals surface area (Å²) >= 11 is 0. The van der Waals surface area contributed by atoms with E-state index in [9.17, 15) is 10.2 Å². The Hall–Kier alpha value is -0.0800. The average Bonchev–Trinajstić information content (AvgIpc) is 2.22. The van der Waals surface area contributed by atoms with E-state index in [2.05, 4.69) is 13.8 Å². The van der Waals surface area contributed by atoms with Crippen LogP contribution >= 0.6 is 0 Å². The summed E-state index contributed by atoms with van der Waals surface area (Å²) in [5.41, 5.74) is 0. The normalized spacial score (nSPS) is 17.4. The standard InChI is InChI=1S/C13H28O2/c1-4-6-8-12(10-14)13(11(3)15)9-7-5-2/h11-15H,4-10H2,1-3H3. The molecule has 0 aromatic heterocycles. The smallest absolute Gasteiger partial charge is 0.0543 e. The minimum atomic E-state index is -0.287. The van der Waals surface area contributed by atoms with Gasteiger partial charge in [0.05, 0.1) is 6.10 Å². The van der Waals surface area contributed by atoms with Crippen molar-refractivity contribution in [2.24, 2.45) is 11.8 Å². The van der Waals surface area contributed by atoms with Crippen LogP contribution in [-0.4, -0.2) is 22.9 Å². The van der Waals surface area contributed by atoms with Crippen LogP contribution in [0.1, 0.15) is 59.3 Å². The maximum Gasteiger partial charge on any atom is 0.0543 e. The summed E-state index contributed by atoms with van der Waals surface area (Å²) in [4.78, 5) is 0. The summed E-state index contributed by atoms with van der Waals surface area (Å²) in [6.07, 6.45) is 6.44. The molecule has 0 aliphatic heterocycles. The van der Waals surface area contributed by atoms with Crippen molar-refractivity contribution < 1.29 is 10.2 Å². The molecule has 0 saturated heterocycles. The summed E-state index contributed by atoms with van der Waals surface area (Å²) in [6.45, 7) is 6.41. The topological polar surface area (TPSA) is 40.5 Å². The third-order valence-electron chi connectivity index (χ3n) is 3.28. The molecule has 0 rings (SSSR count). The summed E-state index contributed by atoms with van der Waals surface area (Å²) in [5, 5.41) is 19.1. The number of hydrogen-bond donors (Lipinski definition) is 2. The Balaban J connectivity index is 4.13. The third-order valence-corrected chi connectivity index (χ3v) is 3.28. The van der Waals surface area contributed by atoms with Gasteiger partial charge < -0.3 is 10.2 Å². The van der Waals surface area contributed by atoms with Crippen LogP contribution in [0.3, 0.4) is 0 Å². The van der Waals surface area contributed by atoms with Crippen molar-refractivity contribution in [1.29, 1.82) is 0 Å². The molecule has 0 aliphatic rings. The fourth-order valence-corrected chi connectivity index (χ4v) is 2.22. The molecule has 3 atom stereocenters. The first kappa shape index (κ1) is 14.9. The van der Waals surface area contributed by atoms with Crippen LogP contribution in [0.5, 0.6) is 0 Å². The van der Waals surface area contributed by atoms with E-state index in [1.807, 2.05) is 6.92 Å². The van der Waals surface area contributed by atoms with Gasteiger partial charge in [-0.1, -0.05) is 39.5 Å². The lowest BCUT2D eigenvalue weighted by Crippen LogP contribution is -2.28. The first-order valence-electron chi connectivity index (χ1n) is 6.46. The van der Waals surface area contributed by atoms with Crippen LogP contribution in [0.15, 0.2) is 0 Å². The van der Waals surface area contributed by atoms with Crippen molar-refractivity contribution in [1.82, 2.24) is 0 Å². The summed E-state index contributed by atoms with van der Waals surface area (Å²) in [7, 11) is 0. The SMILES string of the molecule is CCCCC(CO)C(CCCC)C(C)O. The van der Waals surface area contributed by atoms with Gasteiger partial charge in [0, 0.05) is 6.61 Å². The molecular formula is C13H28O2. The first-order valence-corrected chi connectivity index (χ1v) is 6.46. The van der Waals surface area contributed by atoms with E-state index in [0.29, 0.717) is 0 Å². The van der Waals surface area contributed by atoms with E-state index >= 15 is 0 Å². The highest BCUT2D eigenvalue weighted by Gasteiger charge is 2.24. The molecule has 2 heteroatoms. The van der Waals surface area contributed by atoms with Gasteiger partial charge in [-0.2, -0.15) is 0 Å². The van der Waals surface area contributed by atoms with Crippen molar-refractivity contribution >= 4 is 0 Å². The second-order valence-corrected chi connectivity index (χ2v) is 4.63. The fourth-order valence-electron chi connectivity index (χ4n) is 2.22. The van der Waals surface area contributed by atoms with E-state index in [1.54, 1.807) is 0 Å². The second-order valence-electron chi connectivity index (χ2n) is 4.63. The van der Waals surface area contributed by atoms with Gasteiger partial charge in [-0.05, 0) is 31.6 Å². The lowest BCUT2D eigenvalue weighted by molar-refractivity contribution is 0.0488. The largest absolute Gasteiger partial charge is 0.396 e. The van der Waals surface area contributed by atoms with Crippen LogP contribution in [0.2, 0.25) is 0 Å². The van der Waals surface area contributed by atoms with Gasteiger partial charge in [-0.25, -0.2) is 0 Å². The Morgan fingerprint density at radius 1 is 1.00 bits per heavy atom. The number of unbranched alkanes of at least 4 members (excludes halogenated alkanes) is 2. The van der Waals surface area contributed by atoms with E-state index in [1.165, 1.54) is 0 Å². The summed E-state index contributed by atoms with van der Waals surface area (Å²) in [5.74, 6) is 0.568. The van der Waals surface area contributed by atoms with E-state index < -0.39 is 0 Å². The third kappa shape index (κ3) is 6.16. The minimum absolute atomic E-state index is 0.222. The van der Waals surface area contributed by atoms with Crippen molar-refractivity contribution in [3.63, 3.8) is 0 Å². The second kappa shape index (κ2) is 9.17. The molecular weight excluding hydrogens is 188 g/mol. The van der Waals surface area contributed by atoms with Gasteiger partial charge in [-0.3, -0.25) is 0 Å². The van der Waals surface area contributed by atoms with Crippen molar-refractivity contribution in [2.75, 3.05) is 6.61 Å². The van der Waals surface area contributed by atoms with Gasteiger partial charge in [0.1, 0.15) is 0 Å². The molecule has 0 heterocycles. The highest BCUT2D eigenvalue weighted by Crippen LogP contribution is 2.26. The average molecular weight is 216 g/mol. The minimum Gasteiger partial charge on any atom is -0.396 e. The molecule has 0 saturated carbocycles. The maximum absolute atomic E-state index is 9.73. The molecule has 0 bridgehead atoms. The van der Waals surface area contributed by atoms with Crippen LogP contribution in [0, 0.1) is 11.8 Å². The number of rotatable bonds is 9. The molecule has 0 aromatic carbocycles. The molecule has 2 nitrogen and oxygen atoms in total. The molecule has 0 spiro atoms. The zero-order valence-electron chi connectivity index (χ0n) is 10.6. The molecule has 92 valence electrons. The molecule has 0 fully saturated rings. The summed E-state index contributed by atoms with van der Waals surface area (Å²) < 4.78 is 0. The van der Waals surface area contributed by atoms with Crippen LogP contribution in [0.4, 0.5) is 0 Å². The predicted octanol–water partition coefficient (Wildman–Crippen LogP) is 2.97. The van der Waals surface area contributed by atoms with Crippen molar-refractivity contribution in [3.8, 4) is 0 Å². The first-order chi connectivity index (χ1) is 7.17. The number of aliphatic hydroxyl groups is 2. The lowest BCUT2D eigenvalue weighted by atomic mass is 9.82. The molecule has 0 amide bonds. The molecule has 0 radical (unpaired) electrons. The highest BCUT2D eigenvalue weighted by molar-refractivity contribution is 4.74. The fraction of sp³-hybridized carbons (Fsp3) is 1.00. The maximum atomic E-state index is 9.73. The zero-order valence-corrected chi connectivity index (χ0v) is 10.6. The quantitative estimate of drug-likeness (QED) is 0.622. The van der Waals surface area contributed by atoms with Gasteiger partial charge in [0.2, 0.25) is 0 Å². The summed E-state index contributed by atoms with van der Waals surface area (Å²) in [6, 6.07) is 0. The van der Waals surface area contributed by atoms with Gasteiger partial charge in [0.15, 0.2) is 0 Å². The molecule has 0 aliphatic carbocycles. The Labute approximate surface area is 94.7 Å². The number of aliphatic hydroxyl groups excluding tert-OH is 2. The molecule has 3 unspecified atom stereocenters. The van der Waals surface area contributed by atoms with Crippen LogP contribution < -0.4 is 0 Å².